The van der Waals surface area contributed by atoms with Crippen LogP contribution in [0.3, 0.4) is 0 Å². The van der Waals surface area contributed by atoms with Crippen LogP contribution in [0.15, 0.2) is 18.2 Å². The van der Waals surface area contributed by atoms with Crippen LogP contribution in [-0.2, 0) is 13.5 Å². The molecule has 0 bridgehead atoms. The highest BCUT2D eigenvalue weighted by molar-refractivity contribution is 5.70. The van der Waals surface area contributed by atoms with E-state index in [9.17, 15) is 0 Å². The summed E-state index contributed by atoms with van der Waals surface area (Å²) >= 11 is 0. The minimum atomic E-state index is 0.106. The van der Waals surface area contributed by atoms with Gasteiger partial charge in [-0.1, -0.05) is 11.6 Å². The summed E-state index contributed by atoms with van der Waals surface area (Å²) in [6, 6.07) is 6.07. The summed E-state index contributed by atoms with van der Waals surface area (Å²) in [5.41, 5.74) is 4.17. The second kappa shape index (κ2) is 5.45. The number of ether oxygens (including phenoxy) is 1. The van der Waals surface area contributed by atoms with Gasteiger partial charge in [0, 0.05) is 24.7 Å². The van der Waals surface area contributed by atoms with E-state index in [4.69, 9.17) is 9.84 Å². The molecule has 4 heteroatoms. The van der Waals surface area contributed by atoms with Crippen LogP contribution in [0.25, 0.3) is 11.3 Å². The molecule has 1 aromatic heterocycles. The van der Waals surface area contributed by atoms with Gasteiger partial charge in [-0.2, -0.15) is 0 Å². The summed E-state index contributed by atoms with van der Waals surface area (Å²) in [5, 5.41) is 9.08. The molecule has 0 aliphatic heterocycles. The molecular weight excluding hydrogens is 240 g/mol. The first kappa shape index (κ1) is 13.6. The molecule has 0 fully saturated rings. The minimum Gasteiger partial charge on any atom is -0.496 e. The highest BCUT2D eigenvalue weighted by Crippen LogP contribution is 2.32. The van der Waals surface area contributed by atoms with Crippen molar-refractivity contribution in [1.82, 2.24) is 9.55 Å². The molecule has 0 saturated heterocycles. The molecule has 0 aliphatic rings. The number of hydrogen-bond acceptors (Lipinski definition) is 3. The molecule has 1 aromatic carbocycles. The van der Waals surface area contributed by atoms with Crippen LogP contribution >= 0.6 is 0 Å². The number of methoxy groups -OCH3 is 1. The van der Waals surface area contributed by atoms with Crippen molar-refractivity contribution in [3.63, 3.8) is 0 Å². The summed E-state index contributed by atoms with van der Waals surface area (Å²) < 4.78 is 7.44. The maximum Gasteiger partial charge on any atom is 0.128 e. The molecule has 1 N–H and O–H groups in total. The first-order valence-corrected chi connectivity index (χ1v) is 6.36. The fourth-order valence-electron chi connectivity index (χ4n) is 2.22. The monoisotopic (exact) mass is 260 g/mol. The van der Waals surface area contributed by atoms with Gasteiger partial charge in [-0.05, 0) is 26.0 Å². The lowest BCUT2D eigenvalue weighted by Gasteiger charge is -2.08. The number of aliphatic hydroxyl groups excluding tert-OH is 1. The van der Waals surface area contributed by atoms with E-state index in [1.165, 1.54) is 5.56 Å². The molecule has 0 amide bonds. The van der Waals surface area contributed by atoms with E-state index >= 15 is 0 Å². The van der Waals surface area contributed by atoms with Crippen LogP contribution in [0.2, 0.25) is 0 Å². The van der Waals surface area contributed by atoms with Crippen LogP contribution in [0.5, 0.6) is 5.75 Å². The van der Waals surface area contributed by atoms with Crippen molar-refractivity contribution in [2.45, 2.75) is 20.3 Å². The lowest BCUT2D eigenvalue weighted by atomic mass is 10.1. The third-order valence-corrected chi connectivity index (χ3v) is 3.42. The van der Waals surface area contributed by atoms with Gasteiger partial charge < -0.3 is 14.4 Å². The molecule has 4 nitrogen and oxygen atoms in total. The van der Waals surface area contributed by atoms with Crippen LogP contribution in [0.1, 0.15) is 17.1 Å². The van der Waals surface area contributed by atoms with Gasteiger partial charge in [-0.25, -0.2) is 4.98 Å². The molecule has 2 rings (SSSR count). The van der Waals surface area contributed by atoms with Crippen molar-refractivity contribution in [2.75, 3.05) is 13.7 Å². The molecule has 1 heterocycles. The maximum absolute atomic E-state index is 9.08. The highest BCUT2D eigenvalue weighted by Gasteiger charge is 2.16. The van der Waals surface area contributed by atoms with Gasteiger partial charge in [0.1, 0.15) is 11.6 Å². The number of rotatable bonds is 4. The predicted molar refractivity (Wildman–Crippen MR) is 75.5 cm³/mol. The van der Waals surface area contributed by atoms with E-state index < -0.39 is 0 Å². The molecule has 0 radical (unpaired) electrons. The molecular formula is C15H20N2O2. The van der Waals surface area contributed by atoms with Gasteiger partial charge in [-0.15, -0.1) is 0 Å². The average molecular weight is 260 g/mol. The Morgan fingerprint density at radius 2 is 2.05 bits per heavy atom. The van der Waals surface area contributed by atoms with Crippen molar-refractivity contribution >= 4 is 0 Å². The van der Waals surface area contributed by atoms with Crippen LogP contribution in [0, 0.1) is 13.8 Å². The van der Waals surface area contributed by atoms with Crippen LogP contribution < -0.4 is 4.74 Å². The molecule has 0 aliphatic carbocycles. The normalized spacial score (nSPS) is 10.8. The number of imidazole rings is 1. The molecule has 0 spiro atoms. The third kappa shape index (κ3) is 2.49. The summed E-state index contributed by atoms with van der Waals surface area (Å²) in [5.74, 6) is 1.71. The highest BCUT2D eigenvalue weighted by atomic mass is 16.5. The van der Waals surface area contributed by atoms with Crippen LogP contribution in [-0.4, -0.2) is 28.4 Å². The van der Waals surface area contributed by atoms with Gasteiger partial charge in [0.15, 0.2) is 0 Å². The largest absolute Gasteiger partial charge is 0.496 e. The molecule has 0 atom stereocenters. The predicted octanol–water partition coefficient (Wildman–Crippen LogP) is 2.25. The van der Waals surface area contributed by atoms with Crippen molar-refractivity contribution < 1.29 is 9.84 Å². The number of aliphatic hydroxyl groups is 1. The van der Waals surface area contributed by atoms with Gasteiger partial charge in [-0.3, -0.25) is 0 Å². The second-order valence-electron chi connectivity index (χ2n) is 4.70. The zero-order valence-corrected chi connectivity index (χ0v) is 11.9. The lowest BCUT2D eigenvalue weighted by molar-refractivity contribution is 0.295. The second-order valence-corrected chi connectivity index (χ2v) is 4.70. The summed E-state index contributed by atoms with van der Waals surface area (Å²) in [4.78, 5) is 4.64. The maximum atomic E-state index is 9.08. The van der Waals surface area contributed by atoms with Crippen molar-refractivity contribution in [2.24, 2.45) is 7.05 Å². The Labute approximate surface area is 113 Å². The zero-order chi connectivity index (χ0) is 14.0. The first-order chi connectivity index (χ1) is 9.08. The van der Waals surface area contributed by atoms with Gasteiger partial charge in [0.05, 0.1) is 19.4 Å². The average Bonchev–Trinajstić information content (AvgIpc) is 2.67. The minimum absolute atomic E-state index is 0.106. The Morgan fingerprint density at radius 3 is 2.68 bits per heavy atom. The van der Waals surface area contributed by atoms with E-state index in [2.05, 4.69) is 18.0 Å². The van der Waals surface area contributed by atoms with Crippen molar-refractivity contribution in [1.29, 1.82) is 0 Å². The topological polar surface area (TPSA) is 47.3 Å². The van der Waals surface area contributed by atoms with Gasteiger partial charge in [0.25, 0.3) is 0 Å². The standard InChI is InChI=1S/C15H20N2O2/c1-10-5-6-13(19-4)12(9-10)15-11(2)17(3)14(16-15)7-8-18/h5-6,9,18H,7-8H2,1-4H3. The summed E-state index contributed by atoms with van der Waals surface area (Å²) in [6.45, 7) is 4.19. The molecule has 0 saturated carbocycles. The molecule has 102 valence electrons. The van der Waals surface area contributed by atoms with Crippen molar-refractivity contribution in [3.05, 3.63) is 35.3 Å². The summed E-state index contributed by atoms with van der Waals surface area (Å²) in [6.07, 6.45) is 0.561. The lowest BCUT2D eigenvalue weighted by Crippen LogP contribution is -2.01. The van der Waals surface area contributed by atoms with E-state index in [0.717, 1.165) is 28.5 Å². The number of aryl methyl sites for hydroxylation is 1. The fraction of sp³-hybridized carbons (Fsp3) is 0.400. The Hall–Kier alpha value is -1.81. The zero-order valence-electron chi connectivity index (χ0n) is 11.9. The summed E-state index contributed by atoms with van der Waals surface area (Å²) in [7, 11) is 3.64. The van der Waals surface area contributed by atoms with E-state index in [1.54, 1.807) is 7.11 Å². The third-order valence-electron chi connectivity index (χ3n) is 3.42. The van der Waals surface area contributed by atoms with E-state index in [0.29, 0.717) is 6.42 Å². The smallest absolute Gasteiger partial charge is 0.128 e. The molecule has 2 aromatic rings. The number of hydrogen-bond donors (Lipinski definition) is 1. The quantitative estimate of drug-likeness (QED) is 0.917. The Morgan fingerprint density at radius 1 is 1.32 bits per heavy atom. The van der Waals surface area contributed by atoms with Gasteiger partial charge >= 0.3 is 0 Å². The Kier molecular flexibility index (Phi) is 3.90. The van der Waals surface area contributed by atoms with Gasteiger partial charge in [0.2, 0.25) is 0 Å². The van der Waals surface area contributed by atoms with Crippen molar-refractivity contribution in [3.8, 4) is 17.0 Å². The Balaban J connectivity index is 2.58. The molecule has 19 heavy (non-hydrogen) atoms. The van der Waals surface area contributed by atoms with E-state index in [-0.39, 0.29) is 6.61 Å². The first-order valence-electron chi connectivity index (χ1n) is 6.36. The Bertz CT molecular complexity index is 588. The van der Waals surface area contributed by atoms with E-state index in [1.807, 2.05) is 30.7 Å². The van der Waals surface area contributed by atoms with Crippen LogP contribution in [0.4, 0.5) is 0 Å². The number of nitrogens with zero attached hydrogens (tertiary/aromatic N) is 2. The number of aromatic nitrogens is 2. The fourth-order valence-corrected chi connectivity index (χ4v) is 2.22. The number of benzene rings is 1. The molecule has 0 unspecified atom stereocenters. The SMILES string of the molecule is COc1ccc(C)cc1-c1nc(CCO)n(C)c1C.